The average Bonchev–Trinajstić information content (AvgIpc) is 3.02. The molecule has 1 fully saturated rings. The van der Waals surface area contributed by atoms with E-state index in [1.54, 1.807) is 24.3 Å². The molecule has 5 heteroatoms. The zero-order chi connectivity index (χ0) is 15.4. The largest absolute Gasteiger partial charge is 0.454 e. The van der Waals surface area contributed by atoms with Crippen molar-refractivity contribution >= 4 is 5.91 Å². The summed E-state index contributed by atoms with van der Waals surface area (Å²) in [7, 11) is 0. The Bertz CT molecular complexity index is 550. The van der Waals surface area contributed by atoms with Crippen LogP contribution in [0.1, 0.15) is 23.2 Å². The molecule has 0 aliphatic carbocycles. The molecule has 3 rings (SSSR count). The fraction of sp³-hybridized carbons (Fsp3) is 0.471. The Morgan fingerprint density at radius 3 is 2.86 bits per heavy atom. The average molecular weight is 303 g/mol. The van der Waals surface area contributed by atoms with Crippen LogP contribution in [-0.2, 0) is 4.74 Å². The van der Waals surface area contributed by atoms with E-state index in [2.05, 4.69) is 6.58 Å². The summed E-state index contributed by atoms with van der Waals surface area (Å²) in [6.07, 6.45) is 3.72. The molecular formula is C17H21NO4. The van der Waals surface area contributed by atoms with Gasteiger partial charge in [0, 0.05) is 25.3 Å². The van der Waals surface area contributed by atoms with Crippen molar-refractivity contribution in [3.8, 4) is 11.5 Å². The predicted molar refractivity (Wildman–Crippen MR) is 82.2 cm³/mol. The number of hydrogen-bond donors (Lipinski definition) is 0. The SMILES string of the molecule is C=CCOCC1CCN(C(=O)c2ccc3c(c2)OCO3)CC1. The highest BCUT2D eigenvalue weighted by Crippen LogP contribution is 2.33. The number of fused-ring (bicyclic) bond motifs is 1. The lowest BCUT2D eigenvalue weighted by Crippen LogP contribution is -2.39. The Balaban J connectivity index is 1.54. The molecule has 1 amide bonds. The monoisotopic (exact) mass is 303 g/mol. The van der Waals surface area contributed by atoms with Crippen molar-refractivity contribution in [1.29, 1.82) is 0 Å². The van der Waals surface area contributed by atoms with Crippen LogP contribution >= 0.6 is 0 Å². The third-order valence-corrected chi connectivity index (χ3v) is 4.11. The van der Waals surface area contributed by atoms with Gasteiger partial charge in [-0.05, 0) is 37.0 Å². The number of piperidine rings is 1. The summed E-state index contributed by atoms with van der Waals surface area (Å²) in [5, 5.41) is 0. The van der Waals surface area contributed by atoms with Gasteiger partial charge in [0.25, 0.3) is 5.91 Å². The minimum absolute atomic E-state index is 0.0590. The fourth-order valence-corrected chi connectivity index (χ4v) is 2.83. The quantitative estimate of drug-likeness (QED) is 0.619. The maximum absolute atomic E-state index is 12.6. The second-order valence-corrected chi connectivity index (χ2v) is 5.63. The van der Waals surface area contributed by atoms with Crippen LogP contribution in [-0.4, -0.2) is 43.9 Å². The Morgan fingerprint density at radius 2 is 2.09 bits per heavy atom. The van der Waals surface area contributed by atoms with Crippen LogP contribution < -0.4 is 9.47 Å². The molecule has 118 valence electrons. The van der Waals surface area contributed by atoms with Crippen LogP contribution in [0.15, 0.2) is 30.9 Å². The summed E-state index contributed by atoms with van der Waals surface area (Å²) in [5.74, 6) is 1.94. The molecule has 0 N–H and O–H groups in total. The molecule has 2 aliphatic rings. The summed E-state index contributed by atoms with van der Waals surface area (Å²) in [5.41, 5.74) is 0.658. The summed E-state index contributed by atoms with van der Waals surface area (Å²) >= 11 is 0. The molecule has 0 aromatic heterocycles. The molecule has 2 aliphatic heterocycles. The van der Waals surface area contributed by atoms with Gasteiger partial charge in [-0.2, -0.15) is 0 Å². The molecule has 1 aromatic rings. The first-order chi connectivity index (χ1) is 10.8. The van der Waals surface area contributed by atoms with Crippen molar-refractivity contribution in [2.24, 2.45) is 5.92 Å². The molecule has 0 unspecified atom stereocenters. The van der Waals surface area contributed by atoms with E-state index in [-0.39, 0.29) is 12.7 Å². The van der Waals surface area contributed by atoms with Gasteiger partial charge in [0.2, 0.25) is 6.79 Å². The summed E-state index contributed by atoms with van der Waals surface area (Å²) in [6, 6.07) is 5.37. The van der Waals surface area contributed by atoms with E-state index in [1.807, 2.05) is 4.90 Å². The first kappa shape index (κ1) is 14.9. The molecule has 0 saturated carbocycles. The normalized spacial score (nSPS) is 17.5. The zero-order valence-corrected chi connectivity index (χ0v) is 12.6. The first-order valence-electron chi connectivity index (χ1n) is 7.65. The molecule has 0 atom stereocenters. The van der Waals surface area contributed by atoms with E-state index >= 15 is 0 Å². The molecule has 1 saturated heterocycles. The lowest BCUT2D eigenvalue weighted by Gasteiger charge is -2.32. The topological polar surface area (TPSA) is 48.0 Å². The van der Waals surface area contributed by atoms with Crippen LogP contribution in [0.4, 0.5) is 0 Å². The van der Waals surface area contributed by atoms with Gasteiger partial charge in [-0.15, -0.1) is 6.58 Å². The highest BCUT2D eigenvalue weighted by atomic mass is 16.7. The molecule has 5 nitrogen and oxygen atoms in total. The first-order valence-corrected chi connectivity index (χ1v) is 7.65. The lowest BCUT2D eigenvalue weighted by atomic mass is 9.97. The molecule has 0 spiro atoms. The number of amides is 1. The molecule has 2 heterocycles. The van der Waals surface area contributed by atoms with E-state index in [0.717, 1.165) is 32.5 Å². The Kier molecular flexibility index (Phi) is 4.63. The zero-order valence-electron chi connectivity index (χ0n) is 12.6. The number of hydrogen-bond acceptors (Lipinski definition) is 4. The number of carbonyl (C=O) groups is 1. The van der Waals surface area contributed by atoms with Gasteiger partial charge < -0.3 is 19.1 Å². The summed E-state index contributed by atoms with van der Waals surface area (Å²) in [4.78, 5) is 14.5. The number of benzene rings is 1. The second kappa shape index (κ2) is 6.83. The highest BCUT2D eigenvalue weighted by molar-refractivity contribution is 5.95. The lowest BCUT2D eigenvalue weighted by molar-refractivity contribution is 0.0575. The van der Waals surface area contributed by atoms with Crippen LogP contribution in [0.25, 0.3) is 0 Å². The fourth-order valence-electron chi connectivity index (χ4n) is 2.83. The van der Waals surface area contributed by atoms with Crippen LogP contribution in [0.5, 0.6) is 11.5 Å². The number of ether oxygens (including phenoxy) is 3. The minimum Gasteiger partial charge on any atom is -0.454 e. The molecular weight excluding hydrogens is 282 g/mol. The second-order valence-electron chi connectivity index (χ2n) is 5.63. The standard InChI is InChI=1S/C17H21NO4/c1-2-9-20-11-13-5-7-18(8-6-13)17(19)14-3-4-15-16(10-14)22-12-21-15/h2-4,10,13H,1,5-9,11-12H2. The molecule has 1 aromatic carbocycles. The van der Waals surface area contributed by atoms with Crippen molar-refractivity contribution in [3.05, 3.63) is 36.4 Å². The number of rotatable bonds is 5. The number of likely N-dealkylation sites (tertiary alicyclic amines) is 1. The van der Waals surface area contributed by atoms with Gasteiger partial charge in [0.1, 0.15) is 0 Å². The van der Waals surface area contributed by atoms with Gasteiger partial charge >= 0.3 is 0 Å². The van der Waals surface area contributed by atoms with Crippen molar-refractivity contribution in [2.45, 2.75) is 12.8 Å². The third-order valence-electron chi connectivity index (χ3n) is 4.11. The minimum atomic E-state index is 0.0590. The third kappa shape index (κ3) is 3.25. The van der Waals surface area contributed by atoms with Gasteiger partial charge in [-0.3, -0.25) is 4.79 Å². The van der Waals surface area contributed by atoms with Crippen molar-refractivity contribution < 1.29 is 19.0 Å². The Morgan fingerprint density at radius 1 is 1.32 bits per heavy atom. The van der Waals surface area contributed by atoms with Crippen LogP contribution in [0, 0.1) is 5.92 Å². The molecule has 0 bridgehead atoms. The van der Waals surface area contributed by atoms with Gasteiger partial charge in [-0.25, -0.2) is 0 Å². The number of nitrogens with zero attached hydrogens (tertiary/aromatic N) is 1. The van der Waals surface area contributed by atoms with Gasteiger partial charge in [-0.1, -0.05) is 6.08 Å². The smallest absolute Gasteiger partial charge is 0.253 e. The number of carbonyl (C=O) groups excluding carboxylic acids is 1. The van der Waals surface area contributed by atoms with E-state index in [1.165, 1.54) is 0 Å². The van der Waals surface area contributed by atoms with Crippen LogP contribution in [0.3, 0.4) is 0 Å². The van der Waals surface area contributed by atoms with Gasteiger partial charge in [0.05, 0.1) is 6.61 Å². The van der Waals surface area contributed by atoms with Gasteiger partial charge in [0.15, 0.2) is 11.5 Å². The maximum atomic E-state index is 12.6. The van der Waals surface area contributed by atoms with E-state index in [9.17, 15) is 4.79 Å². The van der Waals surface area contributed by atoms with E-state index in [4.69, 9.17) is 14.2 Å². The van der Waals surface area contributed by atoms with Crippen LogP contribution in [0.2, 0.25) is 0 Å². The predicted octanol–water partition coefficient (Wildman–Crippen LogP) is 2.47. The van der Waals surface area contributed by atoms with E-state index < -0.39 is 0 Å². The van der Waals surface area contributed by atoms with Crippen molar-refractivity contribution in [1.82, 2.24) is 4.90 Å². The van der Waals surface area contributed by atoms with Crippen molar-refractivity contribution in [3.63, 3.8) is 0 Å². The highest BCUT2D eigenvalue weighted by Gasteiger charge is 2.25. The maximum Gasteiger partial charge on any atom is 0.253 e. The summed E-state index contributed by atoms with van der Waals surface area (Å²) < 4.78 is 16.1. The molecule has 0 radical (unpaired) electrons. The summed E-state index contributed by atoms with van der Waals surface area (Å²) in [6.45, 7) is 6.75. The Labute approximate surface area is 130 Å². The molecule has 22 heavy (non-hydrogen) atoms. The Hall–Kier alpha value is -2.01. The van der Waals surface area contributed by atoms with E-state index in [0.29, 0.717) is 29.6 Å². The van der Waals surface area contributed by atoms with Crippen molar-refractivity contribution in [2.75, 3.05) is 33.1 Å².